The molecule has 1 saturated carbocycles. The number of aromatic nitrogens is 3. The first-order valence-corrected chi connectivity index (χ1v) is 12.4. The number of nitrogens with one attached hydrogen (secondary N) is 1. The van der Waals surface area contributed by atoms with Gasteiger partial charge in [0, 0.05) is 10.9 Å². The van der Waals surface area contributed by atoms with Gasteiger partial charge in [-0.15, -0.1) is 21.5 Å². The quantitative estimate of drug-likeness (QED) is 0.453. The fourth-order valence-corrected chi connectivity index (χ4v) is 6.01. The molecule has 2 aromatic heterocycles. The normalized spacial score (nSPS) is 14.7. The molecule has 0 saturated heterocycles. The Bertz CT molecular complexity index is 900. The molecule has 2 aromatic rings. The van der Waals surface area contributed by atoms with Crippen molar-refractivity contribution < 1.29 is 14.3 Å². The number of nitrogens with zero attached hydrogens (tertiary/aromatic N) is 3. The molecule has 1 amide bonds. The topological polar surface area (TPSA) is 86.1 Å². The second-order valence-electron chi connectivity index (χ2n) is 7.44. The highest BCUT2D eigenvalue weighted by atomic mass is 32.2. The van der Waals surface area contributed by atoms with Gasteiger partial charge in [-0.3, -0.25) is 4.79 Å². The SMILES string of the molecule is CCOC(=O)c1c(NC(=O)CSc2nnc(C)n2C2CCCCC2)sc(C)c1CC. The van der Waals surface area contributed by atoms with E-state index >= 15 is 0 Å². The minimum absolute atomic E-state index is 0.162. The standard InChI is InChI=1S/C21H30N4O3S2/c1-5-16-13(3)30-19(18(16)20(27)28-6-2)22-17(26)12-29-21-24-23-14(4)25(21)15-10-8-7-9-11-15/h15H,5-12H2,1-4H3,(H,22,26). The van der Waals surface area contributed by atoms with E-state index in [2.05, 4.69) is 20.1 Å². The minimum atomic E-state index is -0.380. The molecule has 1 aliphatic carbocycles. The third-order valence-corrected chi connectivity index (χ3v) is 7.41. The Morgan fingerprint density at radius 2 is 1.93 bits per heavy atom. The molecule has 1 aliphatic rings. The zero-order valence-electron chi connectivity index (χ0n) is 18.1. The number of hydrogen-bond acceptors (Lipinski definition) is 7. The number of thioether (sulfide) groups is 1. The molecule has 164 valence electrons. The third kappa shape index (κ3) is 5.06. The van der Waals surface area contributed by atoms with E-state index < -0.39 is 0 Å². The van der Waals surface area contributed by atoms with Gasteiger partial charge in [-0.2, -0.15) is 0 Å². The van der Waals surface area contributed by atoms with Crippen molar-refractivity contribution in [3.05, 3.63) is 21.8 Å². The number of esters is 1. The number of ether oxygens (including phenoxy) is 1. The van der Waals surface area contributed by atoms with Gasteiger partial charge in [0.2, 0.25) is 5.91 Å². The molecule has 9 heteroatoms. The summed E-state index contributed by atoms with van der Waals surface area (Å²) in [6, 6.07) is 0.418. The number of thiophene rings is 1. The van der Waals surface area contributed by atoms with E-state index in [-0.39, 0.29) is 17.6 Å². The van der Waals surface area contributed by atoms with Gasteiger partial charge < -0.3 is 14.6 Å². The van der Waals surface area contributed by atoms with Gasteiger partial charge in [-0.25, -0.2) is 4.79 Å². The third-order valence-electron chi connectivity index (χ3n) is 5.40. The van der Waals surface area contributed by atoms with Crippen molar-refractivity contribution in [2.24, 2.45) is 0 Å². The van der Waals surface area contributed by atoms with Crippen LogP contribution in [-0.2, 0) is 16.0 Å². The van der Waals surface area contributed by atoms with Crippen molar-refractivity contribution in [3.8, 4) is 0 Å². The van der Waals surface area contributed by atoms with Crippen LogP contribution in [0.3, 0.4) is 0 Å². The average molecular weight is 451 g/mol. The predicted octanol–water partition coefficient (Wildman–Crippen LogP) is 4.93. The summed E-state index contributed by atoms with van der Waals surface area (Å²) in [6.07, 6.45) is 6.71. The number of carbonyl (C=O) groups excluding carboxylic acids is 2. The second kappa shape index (κ2) is 10.4. The number of rotatable bonds is 8. The van der Waals surface area contributed by atoms with Crippen LogP contribution in [0.2, 0.25) is 0 Å². The van der Waals surface area contributed by atoms with Crippen molar-refractivity contribution in [1.29, 1.82) is 0 Å². The van der Waals surface area contributed by atoms with Crippen LogP contribution in [0, 0.1) is 13.8 Å². The van der Waals surface area contributed by atoms with Crippen LogP contribution >= 0.6 is 23.1 Å². The average Bonchev–Trinajstić information content (AvgIpc) is 3.25. The molecule has 2 heterocycles. The van der Waals surface area contributed by atoms with Crippen molar-refractivity contribution in [3.63, 3.8) is 0 Å². The summed E-state index contributed by atoms with van der Waals surface area (Å²) in [5, 5.41) is 12.8. The number of aryl methyl sites for hydroxylation is 2. The summed E-state index contributed by atoms with van der Waals surface area (Å²) >= 11 is 2.82. The Morgan fingerprint density at radius 3 is 2.60 bits per heavy atom. The maximum Gasteiger partial charge on any atom is 0.341 e. The summed E-state index contributed by atoms with van der Waals surface area (Å²) in [7, 11) is 0. The summed E-state index contributed by atoms with van der Waals surface area (Å²) in [5.41, 5.74) is 1.43. The highest BCUT2D eigenvalue weighted by molar-refractivity contribution is 7.99. The molecule has 7 nitrogen and oxygen atoms in total. The molecular weight excluding hydrogens is 420 g/mol. The molecule has 0 unspecified atom stereocenters. The molecule has 0 bridgehead atoms. The summed E-state index contributed by atoms with van der Waals surface area (Å²) < 4.78 is 7.40. The number of hydrogen-bond donors (Lipinski definition) is 1. The Labute approximate surface area is 186 Å². The van der Waals surface area contributed by atoms with E-state index in [9.17, 15) is 9.59 Å². The summed E-state index contributed by atoms with van der Waals surface area (Å²) in [4.78, 5) is 26.2. The Hall–Kier alpha value is -1.87. The van der Waals surface area contributed by atoms with Crippen LogP contribution in [0.15, 0.2) is 5.16 Å². The molecule has 0 aromatic carbocycles. The van der Waals surface area contributed by atoms with Crippen LogP contribution < -0.4 is 5.32 Å². The lowest BCUT2D eigenvalue weighted by Crippen LogP contribution is -2.18. The van der Waals surface area contributed by atoms with E-state index in [1.165, 1.54) is 42.4 Å². The molecule has 0 aliphatic heterocycles. The van der Waals surface area contributed by atoms with Crippen molar-refractivity contribution in [2.45, 2.75) is 77.4 Å². The first-order chi connectivity index (χ1) is 14.5. The summed E-state index contributed by atoms with van der Waals surface area (Å²) in [5.74, 6) is 0.571. The summed E-state index contributed by atoms with van der Waals surface area (Å²) in [6.45, 7) is 8.02. The van der Waals surface area contributed by atoms with Gasteiger partial charge in [0.1, 0.15) is 10.8 Å². The largest absolute Gasteiger partial charge is 0.462 e. The van der Waals surface area contributed by atoms with Crippen molar-refractivity contribution >= 4 is 40.0 Å². The van der Waals surface area contributed by atoms with Crippen LogP contribution in [0.25, 0.3) is 0 Å². The number of amides is 1. The lowest BCUT2D eigenvalue weighted by Gasteiger charge is -2.24. The second-order valence-corrected chi connectivity index (χ2v) is 9.61. The van der Waals surface area contributed by atoms with Gasteiger partial charge in [-0.05, 0) is 45.6 Å². The molecular formula is C21H30N4O3S2. The number of carbonyl (C=O) groups is 2. The zero-order chi connectivity index (χ0) is 21.7. The molecule has 3 rings (SSSR count). The van der Waals surface area contributed by atoms with E-state index in [4.69, 9.17) is 4.74 Å². The lowest BCUT2D eigenvalue weighted by atomic mass is 9.95. The monoisotopic (exact) mass is 450 g/mol. The number of anilines is 1. The predicted molar refractivity (Wildman–Crippen MR) is 121 cm³/mol. The molecule has 30 heavy (non-hydrogen) atoms. The van der Waals surface area contributed by atoms with Gasteiger partial charge in [-0.1, -0.05) is 37.9 Å². The molecule has 0 spiro atoms. The Morgan fingerprint density at radius 1 is 1.20 bits per heavy atom. The van der Waals surface area contributed by atoms with E-state index in [1.54, 1.807) is 6.92 Å². The highest BCUT2D eigenvalue weighted by Crippen LogP contribution is 2.35. The molecule has 0 radical (unpaired) electrons. The van der Waals surface area contributed by atoms with Crippen LogP contribution in [0.4, 0.5) is 5.00 Å². The zero-order valence-corrected chi connectivity index (χ0v) is 19.8. The van der Waals surface area contributed by atoms with Crippen LogP contribution in [-0.4, -0.2) is 39.0 Å². The van der Waals surface area contributed by atoms with E-state index in [0.717, 1.165) is 34.3 Å². The molecule has 1 fully saturated rings. The van der Waals surface area contributed by atoms with Crippen molar-refractivity contribution in [1.82, 2.24) is 14.8 Å². The fraction of sp³-hybridized carbons (Fsp3) is 0.619. The minimum Gasteiger partial charge on any atom is -0.462 e. The van der Waals surface area contributed by atoms with E-state index in [0.29, 0.717) is 29.6 Å². The molecule has 0 atom stereocenters. The first-order valence-electron chi connectivity index (χ1n) is 10.6. The maximum atomic E-state index is 12.7. The lowest BCUT2D eigenvalue weighted by molar-refractivity contribution is -0.113. The van der Waals surface area contributed by atoms with Gasteiger partial charge >= 0.3 is 5.97 Å². The maximum absolute atomic E-state index is 12.7. The van der Waals surface area contributed by atoms with Gasteiger partial charge in [0.15, 0.2) is 5.16 Å². The van der Waals surface area contributed by atoms with Crippen LogP contribution in [0.5, 0.6) is 0 Å². The molecule has 1 N–H and O–H groups in total. The Kier molecular flexibility index (Phi) is 7.93. The smallest absolute Gasteiger partial charge is 0.341 e. The van der Waals surface area contributed by atoms with Crippen molar-refractivity contribution in [2.75, 3.05) is 17.7 Å². The van der Waals surface area contributed by atoms with Gasteiger partial charge in [0.05, 0.1) is 17.9 Å². The Balaban J connectivity index is 1.70. The van der Waals surface area contributed by atoms with Gasteiger partial charge in [0.25, 0.3) is 0 Å². The van der Waals surface area contributed by atoms with Crippen LogP contribution in [0.1, 0.15) is 78.6 Å². The highest BCUT2D eigenvalue weighted by Gasteiger charge is 2.25. The first kappa shape index (κ1) is 22.8. The van der Waals surface area contributed by atoms with E-state index in [1.807, 2.05) is 20.8 Å². The fourth-order valence-electron chi connectivity index (χ4n) is 4.01.